The van der Waals surface area contributed by atoms with Crippen LogP contribution in [0.15, 0.2) is 29.2 Å². The third kappa shape index (κ3) is 3.82. The van der Waals surface area contributed by atoms with Gasteiger partial charge in [-0.1, -0.05) is 26.0 Å². The molecule has 0 aromatic heterocycles. The highest BCUT2D eigenvalue weighted by Gasteiger charge is 2.67. The van der Waals surface area contributed by atoms with Crippen LogP contribution in [0.3, 0.4) is 0 Å². The summed E-state index contributed by atoms with van der Waals surface area (Å²) in [6.07, 6.45) is 0.419. The molecule has 1 fully saturated rings. The fourth-order valence-corrected chi connectivity index (χ4v) is 4.89. The Balaban J connectivity index is 2.11. The van der Waals surface area contributed by atoms with Crippen molar-refractivity contribution in [2.75, 3.05) is 13.1 Å². The monoisotopic (exact) mass is 406 g/mol. The third-order valence-electron chi connectivity index (χ3n) is 4.83. The smallest absolute Gasteiger partial charge is 0.243 e. The van der Waals surface area contributed by atoms with Crippen molar-refractivity contribution in [3.05, 3.63) is 29.8 Å². The lowest BCUT2D eigenvalue weighted by Gasteiger charge is -2.20. The Labute approximate surface area is 159 Å². The predicted octanol–water partition coefficient (Wildman–Crippen LogP) is 3.48. The van der Waals surface area contributed by atoms with E-state index >= 15 is 0 Å². The van der Waals surface area contributed by atoms with E-state index in [1.165, 1.54) is 4.31 Å². The topological polar surface area (TPSA) is 66.5 Å². The minimum Gasteiger partial charge on any atom is -0.349 e. The summed E-state index contributed by atoms with van der Waals surface area (Å²) in [4.78, 5) is 12.6. The van der Waals surface area contributed by atoms with E-state index in [9.17, 15) is 13.2 Å². The summed E-state index contributed by atoms with van der Waals surface area (Å²) in [6, 6.07) is 6.28. The first-order chi connectivity index (χ1) is 11.5. The number of nitrogens with zero attached hydrogens (tertiary/aromatic N) is 1. The van der Waals surface area contributed by atoms with Gasteiger partial charge in [-0.3, -0.25) is 4.79 Å². The SMILES string of the molecule is CCN(CC)S(=O)(=O)c1ccc(C(C)NC(=O)C2(C)CC2(Cl)Cl)cc1. The quantitative estimate of drug-likeness (QED) is 0.704. The summed E-state index contributed by atoms with van der Waals surface area (Å²) in [5, 5.41) is 2.89. The third-order valence-corrected chi connectivity index (χ3v) is 8.00. The van der Waals surface area contributed by atoms with Gasteiger partial charge in [-0.25, -0.2) is 8.42 Å². The molecule has 140 valence electrons. The Bertz CT molecular complexity index is 746. The van der Waals surface area contributed by atoms with E-state index in [2.05, 4.69) is 5.32 Å². The lowest BCUT2D eigenvalue weighted by molar-refractivity contribution is -0.126. The van der Waals surface area contributed by atoms with Crippen LogP contribution in [-0.2, 0) is 14.8 Å². The predicted molar refractivity (Wildman–Crippen MR) is 100 cm³/mol. The van der Waals surface area contributed by atoms with E-state index in [4.69, 9.17) is 23.2 Å². The van der Waals surface area contributed by atoms with Gasteiger partial charge in [0.25, 0.3) is 0 Å². The van der Waals surface area contributed by atoms with E-state index in [1.807, 2.05) is 6.92 Å². The van der Waals surface area contributed by atoms with Gasteiger partial charge in [0.1, 0.15) is 4.33 Å². The molecule has 1 aliphatic rings. The van der Waals surface area contributed by atoms with Crippen LogP contribution in [0.4, 0.5) is 0 Å². The second-order valence-corrected chi connectivity index (χ2v) is 9.99. The minimum atomic E-state index is -3.48. The Morgan fingerprint density at radius 2 is 1.72 bits per heavy atom. The van der Waals surface area contributed by atoms with Crippen LogP contribution < -0.4 is 5.32 Å². The maximum atomic E-state index is 12.5. The van der Waals surface area contributed by atoms with E-state index in [0.717, 1.165) is 5.56 Å². The van der Waals surface area contributed by atoms with E-state index in [0.29, 0.717) is 19.5 Å². The molecule has 2 atom stereocenters. The number of alkyl halides is 2. The number of sulfonamides is 1. The molecule has 0 aliphatic heterocycles. The number of amides is 1. The lowest BCUT2D eigenvalue weighted by Crippen LogP contribution is -2.35. The van der Waals surface area contributed by atoms with Crippen LogP contribution in [0.25, 0.3) is 0 Å². The van der Waals surface area contributed by atoms with Crippen LogP contribution in [0.2, 0.25) is 0 Å². The fourth-order valence-electron chi connectivity index (χ4n) is 2.73. The molecule has 0 heterocycles. The highest BCUT2D eigenvalue weighted by atomic mass is 35.5. The molecule has 1 aromatic rings. The summed E-state index contributed by atoms with van der Waals surface area (Å²) in [6.45, 7) is 8.02. The number of carbonyl (C=O) groups is 1. The molecule has 2 rings (SSSR count). The second-order valence-electron chi connectivity index (χ2n) is 6.57. The molecule has 1 aromatic carbocycles. The molecule has 0 saturated heterocycles. The number of rotatable bonds is 7. The zero-order chi connectivity index (χ0) is 19.0. The van der Waals surface area contributed by atoms with E-state index in [1.54, 1.807) is 45.0 Å². The molecule has 0 bridgehead atoms. The van der Waals surface area contributed by atoms with Gasteiger partial charge >= 0.3 is 0 Å². The zero-order valence-corrected chi connectivity index (χ0v) is 17.2. The van der Waals surface area contributed by atoms with E-state index < -0.39 is 19.8 Å². The highest BCUT2D eigenvalue weighted by Crippen LogP contribution is 2.63. The van der Waals surface area contributed by atoms with Crippen LogP contribution in [0.1, 0.15) is 45.7 Å². The Kier molecular flexibility index (Phi) is 5.79. The first-order valence-electron chi connectivity index (χ1n) is 8.28. The molecule has 1 amide bonds. The normalized spacial score (nSPS) is 23.3. The van der Waals surface area contributed by atoms with Gasteiger partial charge in [-0.05, 0) is 38.0 Å². The molecule has 1 N–H and O–H groups in total. The molecular weight excluding hydrogens is 383 g/mol. The van der Waals surface area contributed by atoms with Crippen molar-refractivity contribution >= 4 is 39.1 Å². The molecule has 2 unspecified atom stereocenters. The van der Waals surface area contributed by atoms with Crippen LogP contribution >= 0.6 is 23.2 Å². The zero-order valence-electron chi connectivity index (χ0n) is 14.8. The maximum absolute atomic E-state index is 12.5. The van der Waals surface area contributed by atoms with Crippen molar-refractivity contribution in [3.63, 3.8) is 0 Å². The first-order valence-corrected chi connectivity index (χ1v) is 10.5. The molecule has 0 spiro atoms. The van der Waals surface area contributed by atoms with Gasteiger partial charge in [-0.15, -0.1) is 23.2 Å². The van der Waals surface area contributed by atoms with Crippen molar-refractivity contribution < 1.29 is 13.2 Å². The molecule has 5 nitrogen and oxygen atoms in total. The standard InChI is InChI=1S/C17H24Cl2N2O3S/c1-5-21(6-2)25(23,24)14-9-7-13(8-10-14)12(3)20-15(22)16(4)11-17(16,18)19/h7-10,12H,5-6,11H2,1-4H3,(H,20,22). The van der Waals surface area contributed by atoms with Crippen molar-refractivity contribution in [3.8, 4) is 0 Å². The average molecular weight is 407 g/mol. The van der Waals surface area contributed by atoms with Crippen molar-refractivity contribution in [2.45, 2.75) is 49.4 Å². The molecular formula is C17H24Cl2N2O3S. The van der Waals surface area contributed by atoms with Crippen LogP contribution in [0, 0.1) is 5.41 Å². The number of halogens is 2. The van der Waals surface area contributed by atoms with Crippen LogP contribution in [0.5, 0.6) is 0 Å². The molecule has 8 heteroatoms. The average Bonchev–Trinajstić information content (AvgIpc) is 3.08. The number of carbonyl (C=O) groups excluding carboxylic acids is 1. The number of hydrogen-bond donors (Lipinski definition) is 1. The number of nitrogens with one attached hydrogen (secondary N) is 1. The fraction of sp³-hybridized carbons (Fsp3) is 0.588. The highest BCUT2D eigenvalue weighted by molar-refractivity contribution is 7.89. The largest absolute Gasteiger partial charge is 0.349 e. The molecule has 25 heavy (non-hydrogen) atoms. The van der Waals surface area contributed by atoms with Gasteiger partial charge in [0.2, 0.25) is 15.9 Å². The molecule has 1 saturated carbocycles. The van der Waals surface area contributed by atoms with Crippen LogP contribution in [-0.4, -0.2) is 36.1 Å². The Morgan fingerprint density at radius 3 is 2.12 bits per heavy atom. The Morgan fingerprint density at radius 1 is 1.24 bits per heavy atom. The number of benzene rings is 1. The molecule has 1 aliphatic carbocycles. The van der Waals surface area contributed by atoms with Gasteiger partial charge in [0.15, 0.2) is 0 Å². The number of hydrogen-bond acceptors (Lipinski definition) is 3. The van der Waals surface area contributed by atoms with Crippen molar-refractivity contribution in [1.82, 2.24) is 9.62 Å². The summed E-state index contributed by atoms with van der Waals surface area (Å²) >= 11 is 12.1. The Hall–Kier alpha value is -0.820. The van der Waals surface area contributed by atoms with Crippen molar-refractivity contribution in [2.24, 2.45) is 5.41 Å². The summed E-state index contributed by atoms with van der Waals surface area (Å²) in [5.74, 6) is -0.204. The van der Waals surface area contributed by atoms with E-state index in [-0.39, 0.29) is 16.8 Å². The summed E-state index contributed by atoms with van der Waals surface area (Å²) < 4.78 is 25.4. The first kappa shape index (κ1) is 20.5. The van der Waals surface area contributed by atoms with Gasteiger partial charge < -0.3 is 5.32 Å². The minimum absolute atomic E-state index is 0.204. The van der Waals surface area contributed by atoms with Gasteiger partial charge in [0.05, 0.1) is 16.4 Å². The molecule has 0 radical (unpaired) electrons. The maximum Gasteiger partial charge on any atom is 0.243 e. The lowest BCUT2D eigenvalue weighted by atomic mass is 10.1. The summed E-state index contributed by atoms with van der Waals surface area (Å²) in [5.41, 5.74) is 0.0296. The second kappa shape index (κ2) is 7.06. The summed E-state index contributed by atoms with van der Waals surface area (Å²) in [7, 11) is -3.48. The van der Waals surface area contributed by atoms with Gasteiger partial charge in [-0.2, -0.15) is 4.31 Å². The van der Waals surface area contributed by atoms with Crippen molar-refractivity contribution in [1.29, 1.82) is 0 Å². The van der Waals surface area contributed by atoms with Gasteiger partial charge in [0, 0.05) is 13.1 Å².